The van der Waals surface area contributed by atoms with E-state index in [1.54, 1.807) is 48.5 Å². The molecular weight excluding hydrogens is 427 g/mol. The van der Waals surface area contributed by atoms with E-state index in [1.807, 2.05) is 0 Å². The molecule has 0 aromatic heterocycles. The molecule has 2 aromatic carbocycles. The Morgan fingerprint density at radius 1 is 1.19 bits per heavy atom. The van der Waals surface area contributed by atoms with Crippen LogP contribution in [0.4, 0.5) is 23.7 Å². The first-order valence-corrected chi connectivity index (χ1v) is 8.81. The average molecular weight is 446 g/mol. The number of ether oxygens (including phenoxy) is 1. The van der Waals surface area contributed by atoms with Gasteiger partial charge in [-0.15, -0.1) is 0 Å². The van der Waals surface area contributed by atoms with E-state index in [0.717, 1.165) is 5.56 Å². The summed E-state index contributed by atoms with van der Waals surface area (Å²) >= 11 is 3.26. The number of anilines is 1. The van der Waals surface area contributed by atoms with E-state index in [0.29, 0.717) is 15.9 Å². The molecule has 9 heteroatoms. The van der Waals surface area contributed by atoms with Gasteiger partial charge >= 0.3 is 12.2 Å². The van der Waals surface area contributed by atoms with Crippen LogP contribution in [0.15, 0.2) is 53.0 Å². The number of methoxy groups -OCH3 is 1. The summed E-state index contributed by atoms with van der Waals surface area (Å²) in [6.45, 7) is -0.570. The predicted molar refractivity (Wildman–Crippen MR) is 101 cm³/mol. The van der Waals surface area contributed by atoms with E-state index in [-0.39, 0.29) is 6.54 Å². The third kappa shape index (κ3) is 6.76. The van der Waals surface area contributed by atoms with E-state index in [4.69, 9.17) is 4.74 Å². The second-order valence-electron chi connectivity index (χ2n) is 5.64. The summed E-state index contributed by atoms with van der Waals surface area (Å²) in [4.78, 5) is 12.0. The highest BCUT2D eigenvalue weighted by molar-refractivity contribution is 9.10. The fourth-order valence-corrected chi connectivity index (χ4v) is 2.57. The topological polar surface area (TPSA) is 62.4 Å². The molecule has 0 radical (unpaired) electrons. The van der Waals surface area contributed by atoms with Gasteiger partial charge in [0.25, 0.3) is 0 Å². The molecule has 0 aliphatic heterocycles. The fourth-order valence-electron chi connectivity index (χ4n) is 2.23. The maximum atomic E-state index is 13.2. The Bertz CT molecular complexity index is 757. The molecular formula is C18H19BrF3N3O2. The Morgan fingerprint density at radius 3 is 2.52 bits per heavy atom. The smallest absolute Gasteiger partial charge is 0.405 e. The molecule has 0 heterocycles. The van der Waals surface area contributed by atoms with E-state index >= 15 is 0 Å². The second-order valence-corrected chi connectivity index (χ2v) is 6.50. The summed E-state index contributed by atoms with van der Waals surface area (Å²) in [7, 11) is 1.47. The molecule has 2 aromatic rings. The Labute approximate surface area is 163 Å². The number of amides is 2. The number of nitrogens with one attached hydrogen (secondary N) is 3. The monoisotopic (exact) mass is 445 g/mol. The van der Waals surface area contributed by atoms with Crippen molar-refractivity contribution in [2.45, 2.75) is 18.8 Å². The Hall–Kier alpha value is -2.26. The van der Waals surface area contributed by atoms with Crippen molar-refractivity contribution in [3.63, 3.8) is 0 Å². The molecule has 3 N–H and O–H groups in total. The van der Waals surface area contributed by atoms with Gasteiger partial charge in [-0.2, -0.15) is 13.2 Å². The number of rotatable bonds is 7. The molecule has 0 bridgehead atoms. The summed E-state index contributed by atoms with van der Waals surface area (Å²) in [6.07, 6.45) is -4.50. The van der Waals surface area contributed by atoms with Crippen LogP contribution in [0.5, 0.6) is 5.75 Å². The van der Waals surface area contributed by atoms with Crippen molar-refractivity contribution < 1.29 is 22.7 Å². The lowest BCUT2D eigenvalue weighted by Crippen LogP contribution is -2.50. The summed E-state index contributed by atoms with van der Waals surface area (Å²) in [5.74, 6) is 0.506. The van der Waals surface area contributed by atoms with Gasteiger partial charge in [-0.1, -0.05) is 30.3 Å². The number of hydrogen-bond donors (Lipinski definition) is 3. The lowest BCUT2D eigenvalue weighted by atomic mass is 10.2. The van der Waals surface area contributed by atoms with Crippen LogP contribution in [0.1, 0.15) is 5.56 Å². The second kappa shape index (κ2) is 9.61. The number of urea groups is 1. The molecule has 0 saturated carbocycles. The van der Waals surface area contributed by atoms with Crippen LogP contribution in [0.3, 0.4) is 0 Å². The van der Waals surface area contributed by atoms with Crippen LogP contribution in [0.2, 0.25) is 0 Å². The molecule has 27 heavy (non-hydrogen) atoms. The van der Waals surface area contributed by atoms with Crippen molar-refractivity contribution in [1.29, 1.82) is 0 Å². The summed E-state index contributed by atoms with van der Waals surface area (Å²) < 4.78 is 45.2. The molecule has 1 atom stereocenters. The molecule has 0 aliphatic rings. The number of hydrogen-bond acceptors (Lipinski definition) is 3. The first-order chi connectivity index (χ1) is 12.8. The quantitative estimate of drug-likeness (QED) is 0.595. The highest BCUT2D eigenvalue weighted by Gasteiger charge is 2.39. The number of carbonyl (C=O) groups is 1. The Kier molecular flexibility index (Phi) is 7.49. The van der Waals surface area contributed by atoms with Crippen LogP contribution in [-0.4, -0.2) is 31.9 Å². The molecule has 2 rings (SSSR count). The van der Waals surface area contributed by atoms with Gasteiger partial charge in [0.15, 0.2) is 0 Å². The minimum atomic E-state index is -4.50. The maximum absolute atomic E-state index is 13.2. The minimum Gasteiger partial charge on any atom is -0.497 e. The van der Waals surface area contributed by atoms with Gasteiger partial charge in [0.1, 0.15) is 11.8 Å². The lowest BCUT2D eigenvalue weighted by Gasteiger charge is -2.22. The zero-order valence-electron chi connectivity index (χ0n) is 14.4. The van der Waals surface area contributed by atoms with Gasteiger partial charge < -0.3 is 20.7 Å². The standard InChI is InChI=1S/C18H19BrF3N3O2/c1-27-13-7-8-14(19)15(9-13)25-17(26)24-11-16(18(20,21)22)23-10-12-5-3-2-4-6-12/h2-9,16,23H,10-11H2,1H3,(H2,24,25,26)/t16-/m0/s1. The van der Waals surface area contributed by atoms with Gasteiger partial charge in [0.2, 0.25) is 0 Å². The zero-order chi connectivity index (χ0) is 19.9. The van der Waals surface area contributed by atoms with E-state index in [9.17, 15) is 18.0 Å². The molecule has 0 saturated heterocycles. The third-order valence-electron chi connectivity index (χ3n) is 3.68. The Balaban J connectivity index is 1.93. The average Bonchev–Trinajstić information content (AvgIpc) is 2.63. The van der Waals surface area contributed by atoms with Crippen molar-refractivity contribution in [1.82, 2.24) is 10.6 Å². The van der Waals surface area contributed by atoms with Crippen molar-refractivity contribution >= 4 is 27.6 Å². The minimum absolute atomic E-state index is 0.0374. The van der Waals surface area contributed by atoms with Crippen LogP contribution in [0, 0.1) is 0 Å². The van der Waals surface area contributed by atoms with Gasteiger partial charge in [-0.25, -0.2) is 4.79 Å². The Morgan fingerprint density at radius 2 is 1.89 bits per heavy atom. The number of halogens is 4. The van der Waals surface area contributed by atoms with Gasteiger partial charge in [-0.05, 0) is 33.6 Å². The first-order valence-electron chi connectivity index (χ1n) is 8.02. The molecule has 0 spiro atoms. The van der Waals surface area contributed by atoms with Gasteiger partial charge in [0, 0.05) is 23.6 Å². The number of benzene rings is 2. The van der Waals surface area contributed by atoms with Crippen LogP contribution in [0.25, 0.3) is 0 Å². The largest absolute Gasteiger partial charge is 0.497 e. The zero-order valence-corrected chi connectivity index (χ0v) is 16.0. The van der Waals surface area contributed by atoms with E-state index in [2.05, 4.69) is 31.9 Å². The summed E-state index contributed by atoms with van der Waals surface area (Å²) in [6, 6.07) is 11.0. The highest BCUT2D eigenvalue weighted by atomic mass is 79.9. The molecule has 5 nitrogen and oxygen atoms in total. The van der Waals surface area contributed by atoms with Crippen LogP contribution < -0.4 is 20.7 Å². The van der Waals surface area contributed by atoms with Gasteiger partial charge in [-0.3, -0.25) is 0 Å². The van der Waals surface area contributed by atoms with Crippen LogP contribution >= 0.6 is 15.9 Å². The van der Waals surface area contributed by atoms with E-state index in [1.165, 1.54) is 7.11 Å². The molecule has 146 valence electrons. The number of carbonyl (C=O) groups excluding carboxylic acids is 1. The SMILES string of the molecule is COc1ccc(Br)c(NC(=O)NC[C@H](NCc2ccccc2)C(F)(F)F)c1. The molecule has 0 unspecified atom stereocenters. The first kappa shape index (κ1) is 21.0. The third-order valence-corrected chi connectivity index (χ3v) is 4.37. The van der Waals surface area contributed by atoms with Crippen molar-refractivity contribution in [2.24, 2.45) is 0 Å². The van der Waals surface area contributed by atoms with Crippen LogP contribution in [-0.2, 0) is 6.54 Å². The molecule has 2 amide bonds. The predicted octanol–water partition coefficient (Wildman–Crippen LogP) is 4.30. The van der Waals surface area contributed by atoms with Gasteiger partial charge in [0.05, 0.1) is 12.8 Å². The van der Waals surface area contributed by atoms with Crippen molar-refractivity contribution in [3.8, 4) is 5.75 Å². The summed E-state index contributed by atoms with van der Waals surface area (Å²) in [5, 5.41) is 7.17. The fraction of sp³-hybridized carbons (Fsp3) is 0.278. The lowest BCUT2D eigenvalue weighted by molar-refractivity contribution is -0.154. The summed E-state index contributed by atoms with van der Waals surface area (Å²) in [5.41, 5.74) is 1.10. The normalized spacial score (nSPS) is 12.3. The van der Waals surface area contributed by atoms with Crippen molar-refractivity contribution in [2.75, 3.05) is 19.0 Å². The van der Waals surface area contributed by atoms with Crippen molar-refractivity contribution in [3.05, 3.63) is 58.6 Å². The number of alkyl halides is 3. The highest BCUT2D eigenvalue weighted by Crippen LogP contribution is 2.27. The maximum Gasteiger partial charge on any atom is 0.405 e. The molecule has 0 aliphatic carbocycles. The molecule has 0 fully saturated rings. The van der Waals surface area contributed by atoms with E-state index < -0.39 is 24.8 Å².